The molecule has 0 aliphatic rings. The van der Waals surface area contributed by atoms with Gasteiger partial charge in [-0.2, -0.15) is 11.8 Å². The Labute approximate surface area is 157 Å². The van der Waals surface area contributed by atoms with E-state index in [1.54, 1.807) is 11.8 Å². The van der Waals surface area contributed by atoms with E-state index in [0.29, 0.717) is 16.6 Å². The third-order valence-corrected chi connectivity index (χ3v) is 5.25. The van der Waals surface area contributed by atoms with Crippen LogP contribution >= 0.6 is 35.0 Å². The summed E-state index contributed by atoms with van der Waals surface area (Å²) in [5.41, 5.74) is 3.90. The lowest BCUT2D eigenvalue weighted by molar-refractivity contribution is 0.252. The van der Waals surface area contributed by atoms with Crippen LogP contribution in [0.3, 0.4) is 0 Å². The van der Waals surface area contributed by atoms with Crippen LogP contribution in [-0.4, -0.2) is 18.3 Å². The summed E-state index contributed by atoms with van der Waals surface area (Å²) in [7, 11) is 0. The van der Waals surface area contributed by atoms with Crippen LogP contribution in [0.25, 0.3) is 0 Å². The monoisotopic (exact) mass is 382 g/mol. The first-order chi connectivity index (χ1) is 11.5. The van der Waals surface area contributed by atoms with Crippen molar-refractivity contribution >= 4 is 46.7 Å². The standard InChI is InChI=1S/C18H20Cl2N2OS/c1-12-5-3-6-13(2)17(12)22-18(23)21-9-10-24-11-14-15(19)7-4-8-16(14)20/h3-8H,9-11H2,1-2H3,(H2,21,22,23). The van der Waals surface area contributed by atoms with Crippen molar-refractivity contribution in [2.75, 3.05) is 17.6 Å². The van der Waals surface area contributed by atoms with Crippen LogP contribution in [0.1, 0.15) is 16.7 Å². The predicted octanol–water partition coefficient (Wildman–Crippen LogP) is 5.67. The second-order valence-electron chi connectivity index (χ2n) is 5.40. The van der Waals surface area contributed by atoms with Crippen LogP contribution in [-0.2, 0) is 5.75 Å². The summed E-state index contributed by atoms with van der Waals surface area (Å²) < 4.78 is 0. The van der Waals surface area contributed by atoms with Gasteiger partial charge in [0.2, 0.25) is 0 Å². The topological polar surface area (TPSA) is 41.1 Å². The lowest BCUT2D eigenvalue weighted by Gasteiger charge is -2.12. The molecular formula is C18H20Cl2N2OS. The minimum Gasteiger partial charge on any atom is -0.337 e. The van der Waals surface area contributed by atoms with E-state index in [9.17, 15) is 4.79 Å². The Morgan fingerprint density at radius 1 is 1.04 bits per heavy atom. The van der Waals surface area contributed by atoms with Crippen LogP contribution in [0.2, 0.25) is 10.0 Å². The van der Waals surface area contributed by atoms with E-state index in [0.717, 1.165) is 33.9 Å². The number of halogens is 2. The molecule has 6 heteroatoms. The number of urea groups is 1. The van der Waals surface area contributed by atoms with Gasteiger partial charge in [0, 0.05) is 33.8 Å². The molecule has 0 saturated carbocycles. The van der Waals surface area contributed by atoms with Gasteiger partial charge in [-0.05, 0) is 42.7 Å². The number of rotatable bonds is 6. The molecule has 2 rings (SSSR count). The molecule has 2 aromatic carbocycles. The first-order valence-corrected chi connectivity index (χ1v) is 9.52. The van der Waals surface area contributed by atoms with Crippen molar-refractivity contribution in [1.82, 2.24) is 5.32 Å². The molecule has 0 unspecified atom stereocenters. The molecule has 3 nitrogen and oxygen atoms in total. The second-order valence-corrected chi connectivity index (χ2v) is 7.32. The van der Waals surface area contributed by atoms with Crippen LogP contribution in [0.4, 0.5) is 10.5 Å². The van der Waals surface area contributed by atoms with Gasteiger partial charge in [0.1, 0.15) is 0 Å². The van der Waals surface area contributed by atoms with Crippen molar-refractivity contribution in [1.29, 1.82) is 0 Å². The molecule has 2 aromatic rings. The fourth-order valence-electron chi connectivity index (χ4n) is 2.25. The van der Waals surface area contributed by atoms with E-state index < -0.39 is 0 Å². The molecule has 2 amide bonds. The molecule has 0 spiro atoms. The number of anilines is 1. The number of carbonyl (C=O) groups excluding carboxylic acids is 1. The van der Waals surface area contributed by atoms with Crippen molar-refractivity contribution in [3.05, 3.63) is 63.1 Å². The zero-order valence-electron chi connectivity index (χ0n) is 13.7. The molecule has 0 heterocycles. The van der Waals surface area contributed by atoms with Crippen molar-refractivity contribution < 1.29 is 4.79 Å². The molecular weight excluding hydrogens is 363 g/mol. The summed E-state index contributed by atoms with van der Waals surface area (Å²) in [5, 5.41) is 7.12. The van der Waals surface area contributed by atoms with Crippen molar-refractivity contribution in [3.63, 3.8) is 0 Å². The maximum atomic E-state index is 12.0. The normalized spacial score (nSPS) is 10.5. The maximum Gasteiger partial charge on any atom is 0.319 e. The third-order valence-electron chi connectivity index (χ3n) is 3.56. The summed E-state index contributed by atoms with van der Waals surface area (Å²) in [4.78, 5) is 12.0. The molecule has 128 valence electrons. The van der Waals surface area contributed by atoms with E-state index >= 15 is 0 Å². The zero-order chi connectivity index (χ0) is 17.5. The second kappa shape index (κ2) is 9.21. The molecule has 0 radical (unpaired) electrons. The lowest BCUT2D eigenvalue weighted by atomic mass is 10.1. The number of thioether (sulfide) groups is 1. The van der Waals surface area contributed by atoms with Crippen molar-refractivity contribution in [2.45, 2.75) is 19.6 Å². The fraction of sp³-hybridized carbons (Fsp3) is 0.278. The highest BCUT2D eigenvalue weighted by molar-refractivity contribution is 7.98. The SMILES string of the molecule is Cc1cccc(C)c1NC(=O)NCCSCc1c(Cl)cccc1Cl. The Bertz CT molecular complexity index is 682. The molecule has 0 bridgehead atoms. The average Bonchev–Trinajstić information content (AvgIpc) is 2.53. The van der Waals surface area contributed by atoms with Gasteiger partial charge < -0.3 is 10.6 Å². The smallest absolute Gasteiger partial charge is 0.319 e. The van der Waals surface area contributed by atoms with Gasteiger partial charge in [-0.1, -0.05) is 47.5 Å². The molecule has 0 atom stereocenters. The van der Waals surface area contributed by atoms with Crippen molar-refractivity contribution in [2.24, 2.45) is 0 Å². The van der Waals surface area contributed by atoms with Gasteiger partial charge in [-0.3, -0.25) is 0 Å². The molecule has 0 aliphatic carbocycles. The maximum absolute atomic E-state index is 12.0. The third kappa shape index (κ3) is 5.33. The lowest BCUT2D eigenvalue weighted by Crippen LogP contribution is -2.31. The molecule has 0 fully saturated rings. The van der Waals surface area contributed by atoms with E-state index in [4.69, 9.17) is 23.2 Å². The van der Waals surface area contributed by atoms with Crippen LogP contribution in [0.5, 0.6) is 0 Å². The van der Waals surface area contributed by atoms with Gasteiger partial charge >= 0.3 is 6.03 Å². The van der Waals surface area contributed by atoms with Gasteiger partial charge in [-0.15, -0.1) is 0 Å². The Balaban J connectivity index is 1.74. The van der Waals surface area contributed by atoms with Gasteiger partial charge in [0.15, 0.2) is 0 Å². The van der Waals surface area contributed by atoms with E-state index in [1.807, 2.05) is 50.2 Å². The Kier molecular flexibility index (Phi) is 7.28. The van der Waals surface area contributed by atoms with Gasteiger partial charge in [0.25, 0.3) is 0 Å². The fourth-order valence-corrected chi connectivity index (χ4v) is 3.85. The molecule has 0 aliphatic heterocycles. The van der Waals surface area contributed by atoms with E-state index in [1.165, 1.54) is 0 Å². The van der Waals surface area contributed by atoms with Crippen molar-refractivity contribution in [3.8, 4) is 0 Å². The number of nitrogens with one attached hydrogen (secondary N) is 2. The summed E-state index contributed by atoms with van der Waals surface area (Å²) in [6, 6.07) is 11.2. The van der Waals surface area contributed by atoms with Crippen LogP contribution in [0, 0.1) is 13.8 Å². The predicted molar refractivity (Wildman–Crippen MR) is 106 cm³/mol. The summed E-state index contributed by atoms with van der Waals surface area (Å²) >= 11 is 13.9. The Morgan fingerprint density at radius 3 is 2.25 bits per heavy atom. The number of aryl methyl sites for hydroxylation is 2. The number of carbonyl (C=O) groups is 1. The highest BCUT2D eigenvalue weighted by Gasteiger charge is 2.07. The molecule has 0 saturated heterocycles. The highest BCUT2D eigenvalue weighted by Crippen LogP contribution is 2.28. The quantitative estimate of drug-likeness (QED) is 0.632. The van der Waals surface area contributed by atoms with E-state index in [-0.39, 0.29) is 6.03 Å². The minimum atomic E-state index is -0.191. The summed E-state index contributed by atoms with van der Waals surface area (Å²) in [6.07, 6.45) is 0. The first-order valence-electron chi connectivity index (χ1n) is 7.60. The summed E-state index contributed by atoms with van der Waals surface area (Å²) in [6.45, 7) is 4.53. The molecule has 2 N–H and O–H groups in total. The van der Waals surface area contributed by atoms with Gasteiger partial charge in [0.05, 0.1) is 0 Å². The number of benzene rings is 2. The highest BCUT2D eigenvalue weighted by atomic mass is 35.5. The van der Waals surface area contributed by atoms with E-state index in [2.05, 4.69) is 10.6 Å². The van der Waals surface area contributed by atoms with Gasteiger partial charge in [-0.25, -0.2) is 4.79 Å². The van der Waals surface area contributed by atoms with Crippen LogP contribution in [0.15, 0.2) is 36.4 Å². The number of para-hydroxylation sites is 1. The Hall–Kier alpha value is -1.36. The number of amides is 2. The minimum absolute atomic E-state index is 0.191. The largest absolute Gasteiger partial charge is 0.337 e. The first kappa shape index (κ1) is 19.0. The zero-order valence-corrected chi connectivity index (χ0v) is 16.0. The molecule has 0 aromatic heterocycles. The average molecular weight is 383 g/mol. The Morgan fingerprint density at radius 2 is 1.62 bits per heavy atom. The van der Waals surface area contributed by atoms with Crippen LogP contribution < -0.4 is 10.6 Å². The summed E-state index contributed by atoms with van der Waals surface area (Å²) in [5.74, 6) is 1.50. The number of hydrogen-bond acceptors (Lipinski definition) is 2. The molecule has 24 heavy (non-hydrogen) atoms. The number of hydrogen-bond donors (Lipinski definition) is 2.